The van der Waals surface area contributed by atoms with Gasteiger partial charge in [-0.05, 0) is 41.5 Å². The molecule has 0 bridgehead atoms. The number of nitrogens with one attached hydrogen (secondary N) is 1. The Balaban J connectivity index is 1.59. The summed E-state index contributed by atoms with van der Waals surface area (Å²) in [6.45, 7) is 0. The van der Waals surface area contributed by atoms with Gasteiger partial charge in [-0.2, -0.15) is 0 Å². The SMILES string of the molecule is O=C(/C=C\c1ccncc1)Nc1nnc(Cc2cccc(F)c2)s1. The molecule has 0 saturated heterocycles. The molecule has 2 aromatic heterocycles. The van der Waals surface area contributed by atoms with E-state index in [-0.39, 0.29) is 11.7 Å². The Hall–Kier alpha value is -2.93. The molecule has 3 rings (SSSR count). The van der Waals surface area contributed by atoms with E-state index < -0.39 is 0 Å². The molecule has 5 nitrogen and oxygen atoms in total. The van der Waals surface area contributed by atoms with Crippen molar-refractivity contribution in [3.05, 3.63) is 76.8 Å². The summed E-state index contributed by atoms with van der Waals surface area (Å²) in [6.07, 6.45) is 6.88. The first-order chi connectivity index (χ1) is 11.7. The Morgan fingerprint density at radius 2 is 2.04 bits per heavy atom. The summed E-state index contributed by atoms with van der Waals surface area (Å²) in [4.78, 5) is 15.8. The second kappa shape index (κ2) is 7.56. The summed E-state index contributed by atoms with van der Waals surface area (Å²) in [6, 6.07) is 9.91. The van der Waals surface area contributed by atoms with Gasteiger partial charge >= 0.3 is 0 Å². The maximum atomic E-state index is 13.2. The van der Waals surface area contributed by atoms with Crippen molar-refractivity contribution in [3.63, 3.8) is 0 Å². The predicted molar refractivity (Wildman–Crippen MR) is 91.0 cm³/mol. The average Bonchev–Trinajstić information content (AvgIpc) is 3.01. The minimum absolute atomic E-state index is 0.285. The Morgan fingerprint density at radius 3 is 2.83 bits per heavy atom. The van der Waals surface area contributed by atoms with Crippen LogP contribution in [0.5, 0.6) is 0 Å². The van der Waals surface area contributed by atoms with Crippen LogP contribution in [0.2, 0.25) is 0 Å². The highest BCUT2D eigenvalue weighted by Crippen LogP contribution is 2.19. The van der Waals surface area contributed by atoms with Gasteiger partial charge in [-0.1, -0.05) is 23.5 Å². The Morgan fingerprint density at radius 1 is 1.21 bits per heavy atom. The van der Waals surface area contributed by atoms with E-state index in [4.69, 9.17) is 0 Å². The second-order valence-corrected chi connectivity index (χ2v) is 5.97. The van der Waals surface area contributed by atoms with Gasteiger partial charge in [0.05, 0.1) is 0 Å². The van der Waals surface area contributed by atoms with Gasteiger partial charge in [0.25, 0.3) is 0 Å². The summed E-state index contributed by atoms with van der Waals surface area (Å²) in [5, 5.41) is 11.7. The molecule has 24 heavy (non-hydrogen) atoms. The Kier molecular flexibility index (Phi) is 5.02. The fraction of sp³-hybridized carbons (Fsp3) is 0.0588. The lowest BCUT2D eigenvalue weighted by Crippen LogP contribution is -2.07. The highest BCUT2D eigenvalue weighted by Gasteiger charge is 2.07. The fourth-order valence-corrected chi connectivity index (χ4v) is 2.77. The molecular weight excluding hydrogens is 327 g/mol. The number of carbonyl (C=O) groups excluding carboxylic acids is 1. The van der Waals surface area contributed by atoms with Crippen LogP contribution >= 0.6 is 11.3 Å². The van der Waals surface area contributed by atoms with Crippen molar-refractivity contribution in [2.45, 2.75) is 6.42 Å². The van der Waals surface area contributed by atoms with Crippen molar-refractivity contribution in [3.8, 4) is 0 Å². The van der Waals surface area contributed by atoms with Crippen LogP contribution in [0.15, 0.2) is 54.9 Å². The molecule has 3 aromatic rings. The lowest BCUT2D eigenvalue weighted by atomic mass is 10.1. The lowest BCUT2D eigenvalue weighted by molar-refractivity contribution is -0.111. The monoisotopic (exact) mass is 340 g/mol. The number of halogens is 1. The van der Waals surface area contributed by atoms with E-state index in [1.807, 2.05) is 6.07 Å². The molecule has 0 spiro atoms. The molecule has 0 unspecified atom stereocenters. The highest BCUT2D eigenvalue weighted by atomic mass is 32.1. The number of anilines is 1. The van der Waals surface area contributed by atoms with Crippen molar-refractivity contribution in [2.75, 3.05) is 5.32 Å². The molecule has 1 aromatic carbocycles. The summed E-state index contributed by atoms with van der Waals surface area (Å²) >= 11 is 1.26. The maximum Gasteiger partial charge on any atom is 0.250 e. The number of hydrogen-bond donors (Lipinski definition) is 1. The van der Waals surface area contributed by atoms with Crippen molar-refractivity contribution in [2.24, 2.45) is 0 Å². The summed E-state index contributed by atoms with van der Waals surface area (Å²) in [5.74, 6) is -0.577. The molecule has 1 amide bonds. The summed E-state index contributed by atoms with van der Waals surface area (Å²) < 4.78 is 13.2. The number of rotatable bonds is 5. The first kappa shape index (κ1) is 15.9. The first-order valence-electron chi connectivity index (χ1n) is 7.15. The van der Waals surface area contributed by atoms with E-state index in [9.17, 15) is 9.18 Å². The number of benzene rings is 1. The summed E-state index contributed by atoms with van der Waals surface area (Å²) in [5.41, 5.74) is 1.69. The number of nitrogens with zero attached hydrogens (tertiary/aromatic N) is 3. The third-order valence-corrected chi connectivity index (χ3v) is 3.91. The normalized spacial score (nSPS) is 10.9. The quantitative estimate of drug-likeness (QED) is 0.724. The van der Waals surface area contributed by atoms with Crippen LogP contribution in [0.3, 0.4) is 0 Å². The van der Waals surface area contributed by atoms with Gasteiger partial charge in [-0.3, -0.25) is 15.1 Å². The van der Waals surface area contributed by atoms with Crippen LogP contribution in [0.4, 0.5) is 9.52 Å². The molecule has 0 radical (unpaired) electrons. The zero-order chi connectivity index (χ0) is 16.8. The summed E-state index contributed by atoms with van der Waals surface area (Å²) in [7, 11) is 0. The van der Waals surface area contributed by atoms with Crippen LogP contribution in [-0.2, 0) is 11.2 Å². The predicted octanol–water partition coefficient (Wildman–Crippen LogP) is 3.31. The molecular formula is C17H13FN4OS. The van der Waals surface area contributed by atoms with Crippen LogP contribution in [0, 0.1) is 5.82 Å². The molecule has 0 aliphatic rings. The third-order valence-electron chi connectivity index (χ3n) is 3.07. The van der Waals surface area contributed by atoms with Crippen LogP contribution < -0.4 is 5.32 Å². The third kappa shape index (κ3) is 4.53. The molecule has 120 valence electrons. The fourth-order valence-electron chi connectivity index (χ4n) is 1.99. The minimum atomic E-state index is -0.291. The van der Waals surface area contributed by atoms with Crippen molar-refractivity contribution in [1.82, 2.24) is 15.2 Å². The van der Waals surface area contributed by atoms with Crippen molar-refractivity contribution in [1.29, 1.82) is 0 Å². The van der Waals surface area contributed by atoms with Gasteiger partial charge in [0.2, 0.25) is 11.0 Å². The van der Waals surface area contributed by atoms with E-state index in [0.717, 1.165) is 11.1 Å². The topological polar surface area (TPSA) is 67.8 Å². The van der Waals surface area contributed by atoms with Crippen LogP contribution in [0.25, 0.3) is 6.08 Å². The minimum Gasteiger partial charge on any atom is -0.297 e. The van der Waals surface area contributed by atoms with Crippen LogP contribution in [-0.4, -0.2) is 21.1 Å². The standard InChI is InChI=1S/C17H13FN4OS/c18-14-3-1-2-13(10-14)11-16-21-22-17(24-16)20-15(23)5-4-12-6-8-19-9-7-12/h1-10H,11H2,(H,20,22,23)/b5-4-. The Labute approximate surface area is 141 Å². The molecule has 1 N–H and O–H groups in total. The number of amides is 1. The molecule has 0 aliphatic heterocycles. The van der Waals surface area contributed by atoms with E-state index in [2.05, 4.69) is 20.5 Å². The number of hydrogen-bond acceptors (Lipinski definition) is 5. The van der Waals surface area contributed by atoms with Crippen LogP contribution in [0.1, 0.15) is 16.1 Å². The zero-order valence-corrected chi connectivity index (χ0v) is 13.3. The smallest absolute Gasteiger partial charge is 0.250 e. The first-order valence-corrected chi connectivity index (χ1v) is 7.96. The van der Waals surface area contributed by atoms with Gasteiger partial charge in [0.1, 0.15) is 10.8 Å². The van der Waals surface area contributed by atoms with Gasteiger partial charge in [-0.15, -0.1) is 10.2 Å². The number of pyridine rings is 1. The van der Waals surface area contributed by atoms with E-state index >= 15 is 0 Å². The largest absolute Gasteiger partial charge is 0.297 e. The van der Waals surface area contributed by atoms with Crippen molar-refractivity contribution >= 4 is 28.5 Å². The molecule has 0 aliphatic carbocycles. The van der Waals surface area contributed by atoms with Gasteiger partial charge in [-0.25, -0.2) is 4.39 Å². The molecule has 0 atom stereocenters. The maximum absolute atomic E-state index is 13.2. The molecule has 0 fully saturated rings. The second-order valence-electron chi connectivity index (χ2n) is 4.91. The average molecular weight is 340 g/mol. The molecule has 0 saturated carbocycles. The number of carbonyl (C=O) groups is 1. The van der Waals surface area contributed by atoms with E-state index in [1.165, 1.54) is 29.5 Å². The van der Waals surface area contributed by atoms with Gasteiger partial charge in [0, 0.05) is 24.9 Å². The molecule has 7 heteroatoms. The number of aromatic nitrogens is 3. The lowest BCUT2D eigenvalue weighted by Gasteiger charge is -1.97. The Bertz CT molecular complexity index is 864. The van der Waals surface area contributed by atoms with E-state index in [0.29, 0.717) is 16.6 Å². The van der Waals surface area contributed by atoms with E-state index in [1.54, 1.807) is 36.7 Å². The highest BCUT2D eigenvalue weighted by molar-refractivity contribution is 7.15. The van der Waals surface area contributed by atoms with Gasteiger partial charge < -0.3 is 0 Å². The zero-order valence-electron chi connectivity index (χ0n) is 12.5. The molecule has 2 heterocycles. The van der Waals surface area contributed by atoms with Gasteiger partial charge in [0.15, 0.2) is 0 Å². The van der Waals surface area contributed by atoms with Crippen molar-refractivity contribution < 1.29 is 9.18 Å².